The first-order chi connectivity index (χ1) is 8.54. The summed E-state index contributed by atoms with van der Waals surface area (Å²) >= 11 is 0. The Morgan fingerprint density at radius 2 is 1.83 bits per heavy atom. The Morgan fingerprint density at radius 3 is 2.39 bits per heavy atom. The van der Waals surface area contributed by atoms with Crippen molar-refractivity contribution in [3.63, 3.8) is 0 Å². The van der Waals surface area contributed by atoms with Crippen LogP contribution in [0.15, 0.2) is 30.3 Å². The number of aryl methyl sites for hydroxylation is 1. The van der Waals surface area contributed by atoms with Gasteiger partial charge in [0.25, 0.3) is 5.91 Å². The third-order valence-electron chi connectivity index (χ3n) is 2.99. The van der Waals surface area contributed by atoms with Gasteiger partial charge >= 0.3 is 0 Å². The minimum Gasteiger partial charge on any atom is -0.355 e. The fourth-order valence-corrected chi connectivity index (χ4v) is 2.11. The number of hydrogen-bond acceptors (Lipinski definition) is 1. The second-order valence-electron chi connectivity index (χ2n) is 4.18. The van der Waals surface area contributed by atoms with Crippen LogP contribution >= 0.6 is 0 Å². The molecular formula is C14H15FN2O. The molecule has 0 aliphatic rings. The zero-order valence-corrected chi connectivity index (χ0v) is 10.6. The van der Waals surface area contributed by atoms with Gasteiger partial charge in [0.1, 0.15) is 5.82 Å². The number of rotatable bonds is 2. The van der Waals surface area contributed by atoms with Crippen LogP contribution in [0.1, 0.15) is 21.7 Å². The van der Waals surface area contributed by atoms with Crippen molar-refractivity contribution in [2.75, 3.05) is 7.05 Å². The zero-order chi connectivity index (χ0) is 13.3. The van der Waals surface area contributed by atoms with E-state index in [0.29, 0.717) is 5.56 Å². The van der Waals surface area contributed by atoms with E-state index in [2.05, 4.69) is 5.32 Å². The van der Waals surface area contributed by atoms with E-state index in [4.69, 9.17) is 0 Å². The Balaban J connectivity index is 2.55. The normalized spacial score (nSPS) is 10.4. The van der Waals surface area contributed by atoms with Gasteiger partial charge in [-0.25, -0.2) is 4.39 Å². The summed E-state index contributed by atoms with van der Waals surface area (Å²) in [6.45, 7) is 3.80. The summed E-state index contributed by atoms with van der Waals surface area (Å²) in [6, 6.07) is 8.05. The van der Waals surface area contributed by atoms with E-state index in [0.717, 1.165) is 17.1 Å². The van der Waals surface area contributed by atoms with Gasteiger partial charge in [0, 0.05) is 24.1 Å². The average Bonchev–Trinajstić information content (AvgIpc) is 2.65. The predicted octanol–water partition coefficient (Wildman–Crippen LogP) is 2.59. The van der Waals surface area contributed by atoms with E-state index in [9.17, 15) is 9.18 Å². The first kappa shape index (κ1) is 12.4. The summed E-state index contributed by atoms with van der Waals surface area (Å²) < 4.78 is 14.9. The molecule has 1 heterocycles. The van der Waals surface area contributed by atoms with Gasteiger partial charge in [0.15, 0.2) is 0 Å². The van der Waals surface area contributed by atoms with Gasteiger partial charge in [0.05, 0.1) is 5.56 Å². The maximum absolute atomic E-state index is 12.9. The molecule has 1 N–H and O–H groups in total. The quantitative estimate of drug-likeness (QED) is 0.868. The van der Waals surface area contributed by atoms with Crippen molar-refractivity contribution >= 4 is 5.91 Å². The predicted molar refractivity (Wildman–Crippen MR) is 68.6 cm³/mol. The van der Waals surface area contributed by atoms with Crippen molar-refractivity contribution < 1.29 is 9.18 Å². The summed E-state index contributed by atoms with van der Waals surface area (Å²) in [5.41, 5.74) is 3.28. The molecule has 0 radical (unpaired) electrons. The highest BCUT2D eigenvalue weighted by Crippen LogP contribution is 2.20. The molecule has 0 fully saturated rings. The van der Waals surface area contributed by atoms with Gasteiger partial charge in [0.2, 0.25) is 0 Å². The number of amides is 1. The third kappa shape index (κ3) is 2.01. The zero-order valence-electron chi connectivity index (χ0n) is 10.6. The summed E-state index contributed by atoms with van der Waals surface area (Å²) in [4.78, 5) is 11.7. The number of nitrogens with zero attached hydrogens (tertiary/aromatic N) is 1. The third-order valence-corrected chi connectivity index (χ3v) is 2.99. The number of carbonyl (C=O) groups excluding carboxylic acids is 1. The van der Waals surface area contributed by atoms with E-state index < -0.39 is 0 Å². The SMILES string of the molecule is CNC(=O)c1cc(C)n(-c2ccc(F)cc2)c1C. The van der Waals surface area contributed by atoms with Crippen LogP contribution in [-0.4, -0.2) is 17.5 Å². The van der Waals surface area contributed by atoms with Crippen molar-refractivity contribution in [2.24, 2.45) is 0 Å². The molecule has 2 rings (SSSR count). The van der Waals surface area contributed by atoms with E-state index in [1.54, 1.807) is 19.2 Å². The molecule has 1 aromatic heterocycles. The number of hydrogen-bond donors (Lipinski definition) is 1. The maximum Gasteiger partial charge on any atom is 0.252 e. The topological polar surface area (TPSA) is 34.0 Å². The molecule has 4 heteroatoms. The molecule has 94 valence electrons. The number of halogens is 1. The Hall–Kier alpha value is -2.10. The van der Waals surface area contributed by atoms with Crippen LogP contribution in [0.3, 0.4) is 0 Å². The van der Waals surface area contributed by atoms with Crippen molar-refractivity contribution in [3.8, 4) is 5.69 Å². The molecule has 0 atom stereocenters. The molecule has 1 aromatic carbocycles. The van der Waals surface area contributed by atoms with Crippen LogP contribution in [0.25, 0.3) is 5.69 Å². The Morgan fingerprint density at radius 1 is 1.22 bits per heavy atom. The monoisotopic (exact) mass is 246 g/mol. The molecule has 0 bridgehead atoms. The lowest BCUT2D eigenvalue weighted by Gasteiger charge is -2.09. The van der Waals surface area contributed by atoms with Crippen LogP contribution in [0, 0.1) is 19.7 Å². The fraction of sp³-hybridized carbons (Fsp3) is 0.214. The number of benzene rings is 1. The second kappa shape index (κ2) is 4.64. The molecule has 0 aliphatic carbocycles. The number of aromatic nitrogens is 1. The molecule has 18 heavy (non-hydrogen) atoms. The van der Waals surface area contributed by atoms with E-state index in [1.165, 1.54) is 12.1 Å². The molecule has 0 saturated carbocycles. The van der Waals surface area contributed by atoms with Crippen LogP contribution in [0.2, 0.25) is 0 Å². The van der Waals surface area contributed by atoms with Crippen molar-refractivity contribution in [1.82, 2.24) is 9.88 Å². The lowest BCUT2D eigenvalue weighted by Crippen LogP contribution is -2.18. The van der Waals surface area contributed by atoms with Gasteiger partial charge in [-0.05, 0) is 44.2 Å². The van der Waals surface area contributed by atoms with E-state index in [-0.39, 0.29) is 11.7 Å². The van der Waals surface area contributed by atoms with Crippen LogP contribution in [0.5, 0.6) is 0 Å². The highest BCUT2D eigenvalue weighted by atomic mass is 19.1. The lowest BCUT2D eigenvalue weighted by atomic mass is 10.2. The molecule has 0 unspecified atom stereocenters. The van der Waals surface area contributed by atoms with Crippen LogP contribution < -0.4 is 5.32 Å². The van der Waals surface area contributed by atoms with Crippen LogP contribution in [0.4, 0.5) is 4.39 Å². The standard InChI is InChI=1S/C14H15FN2O/c1-9-8-13(14(18)16-3)10(2)17(9)12-6-4-11(15)5-7-12/h4-8H,1-3H3,(H,16,18). The highest BCUT2D eigenvalue weighted by molar-refractivity contribution is 5.95. The smallest absolute Gasteiger partial charge is 0.252 e. The van der Waals surface area contributed by atoms with Gasteiger partial charge in [-0.15, -0.1) is 0 Å². The second-order valence-corrected chi connectivity index (χ2v) is 4.18. The minimum atomic E-state index is -0.271. The molecule has 2 aromatic rings. The molecule has 3 nitrogen and oxygen atoms in total. The number of nitrogens with one attached hydrogen (secondary N) is 1. The van der Waals surface area contributed by atoms with Gasteiger partial charge < -0.3 is 9.88 Å². The summed E-state index contributed by atoms with van der Waals surface area (Å²) in [5.74, 6) is -0.385. The minimum absolute atomic E-state index is 0.114. The van der Waals surface area contributed by atoms with Crippen molar-refractivity contribution in [3.05, 3.63) is 53.1 Å². The average molecular weight is 246 g/mol. The first-order valence-corrected chi connectivity index (χ1v) is 5.71. The van der Waals surface area contributed by atoms with Gasteiger partial charge in [-0.2, -0.15) is 0 Å². The molecule has 0 saturated heterocycles. The van der Waals surface area contributed by atoms with E-state index >= 15 is 0 Å². The molecule has 0 spiro atoms. The molecular weight excluding hydrogens is 231 g/mol. The number of carbonyl (C=O) groups is 1. The first-order valence-electron chi connectivity index (χ1n) is 5.71. The van der Waals surface area contributed by atoms with E-state index in [1.807, 2.05) is 24.5 Å². The van der Waals surface area contributed by atoms with Crippen molar-refractivity contribution in [2.45, 2.75) is 13.8 Å². The Kier molecular flexibility index (Phi) is 3.19. The Labute approximate surface area is 105 Å². The molecule has 0 aliphatic heterocycles. The van der Waals surface area contributed by atoms with Gasteiger partial charge in [-0.1, -0.05) is 0 Å². The Bertz CT molecular complexity index is 585. The van der Waals surface area contributed by atoms with Gasteiger partial charge in [-0.3, -0.25) is 4.79 Å². The fourth-order valence-electron chi connectivity index (χ4n) is 2.11. The summed E-state index contributed by atoms with van der Waals surface area (Å²) in [6.07, 6.45) is 0. The maximum atomic E-state index is 12.9. The summed E-state index contributed by atoms with van der Waals surface area (Å²) in [5, 5.41) is 2.61. The largest absolute Gasteiger partial charge is 0.355 e. The van der Waals surface area contributed by atoms with Crippen LogP contribution in [-0.2, 0) is 0 Å². The molecule has 1 amide bonds. The van der Waals surface area contributed by atoms with Crippen molar-refractivity contribution in [1.29, 1.82) is 0 Å². The lowest BCUT2D eigenvalue weighted by molar-refractivity contribution is 0.0962. The highest BCUT2D eigenvalue weighted by Gasteiger charge is 2.15. The summed E-state index contributed by atoms with van der Waals surface area (Å²) in [7, 11) is 1.60.